The standard InChI is InChI=1S/C23H32N4O6S/c1-3-4-10-27-20(24)19(21(29)25-23(27)31)26(11-12-32-2)18(28)14-33-22(30)17-13-15-8-6-5-7-9-16(15)34-17/h13H,3-12,14,24H2,1-2H3,(H,25,29,31). The molecule has 2 heterocycles. The molecule has 0 bridgehead atoms. The van der Waals surface area contributed by atoms with Crippen molar-refractivity contribution in [2.45, 2.75) is 58.4 Å². The van der Waals surface area contributed by atoms with Gasteiger partial charge in [-0.25, -0.2) is 9.59 Å². The van der Waals surface area contributed by atoms with E-state index in [9.17, 15) is 19.2 Å². The van der Waals surface area contributed by atoms with Gasteiger partial charge in [0.1, 0.15) is 10.7 Å². The van der Waals surface area contributed by atoms with Crippen molar-refractivity contribution in [3.8, 4) is 0 Å². The van der Waals surface area contributed by atoms with E-state index in [1.165, 1.54) is 39.9 Å². The van der Waals surface area contributed by atoms with Gasteiger partial charge in [0, 0.05) is 25.1 Å². The lowest BCUT2D eigenvalue weighted by molar-refractivity contribution is -0.121. The second-order valence-electron chi connectivity index (χ2n) is 8.23. The molecule has 0 radical (unpaired) electrons. The number of hydrogen-bond donors (Lipinski definition) is 2. The molecule has 3 N–H and O–H groups in total. The third-order valence-electron chi connectivity index (χ3n) is 5.81. The molecule has 2 aromatic rings. The molecule has 34 heavy (non-hydrogen) atoms. The summed E-state index contributed by atoms with van der Waals surface area (Å²) in [5.74, 6) is -1.32. The van der Waals surface area contributed by atoms with Gasteiger partial charge in [-0.3, -0.25) is 24.0 Å². The molecule has 1 amide bonds. The largest absolute Gasteiger partial charge is 0.451 e. The van der Waals surface area contributed by atoms with Gasteiger partial charge in [-0.2, -0.15) is 0 Å². The summed E-state index contributed by atoms with van der Waals surface area (Å²) in [5.41, 5.74) is 5.75. The van der Waals surface area contributed by atoms with Crippen LogP contribution in [0, 0.1) is 0 Å². The second-order valence-corrected chi connectivity index (χ2v) is 9.37. The summed E-state index contributed by atoms with van der Waals surface area (Å²) in [5, 5.41) is 0. The number of amides is 1. The number of thiophene rings is 1. The topological polar surface area (TPSA) is 137 Å². The molecular weight excluding hydrogens is 460 g/mol. The van der Waals surface area contributed by atoms with Crippen LogP contribution in [-0.2, 0) is 33.7 Å². The van der Waals surface area contributed by atoms with Gasteiger partial charge >= 0.3 is 11.7 Å². The number of hydrogen-bond acceptors (Lipinski definition) is 8. The van der Waals surface area contributed by atoms with Crippen LogP contribution in [0.4, 0.5) is 11.5 Å². The summed E-state index contributed by atoms with van der Waals surface area (Å²) in [4.78, 5) is 55.5. The number of carbonyl (C=O) groups is 2. The smallest absolute Gasteiger partial charge is 0.348 e. The van der Waals surface area contributed by atoms with Gasteiger partial charge in [0.2, 0.25) is 0 Å². The van der Waals surface area contributed by atoms with Gasteiger partial charge in [0.15, 0.2) is 12.3 Å². The van der Waals surface area contributed by atoms with E-state index in [1.54, 1.807) is 0 Å². The van der Waals surface area contributed by atoms with Crippen LogP contribution in [0.1, 0.15) is 59.1 Å². The number of rotatable bonds is 10. The number of esters is 1. The second kappa shape index (κ2) is 12.0. The number of nitrogens with one attached hydrogen (secondary N) is 1. The van der Waals surface area contributed by atoms with Gasteiger partial charge < -0.3 is 15.2 Å². The molecule has 0 saturated heterocycles. The number of nitrogens with two attached hydrogens (primary N) is 1. The maximum absolute atomic E-state index is 13.0. The molecule has 0 spiro atoms. The van der Waals surface area contributed by atoms with E-state index in [0.717, 1.165) is 37.0 Å². The Kier molecular flexibility index (Phi) is 9.05. The minimum absolute atomic E-state index is 0.000552. The van der Waals surface area contributed by atoms with Gasteiger partial charge in [-0.15, -0.1) is 11.3 Å². The van der Waals surface area contributed by atoms with E-state index in [2.05, 4.69) is 4.98 Å². The van der Waals surface area contributed by atoms with E-state index >= 15 is 0 Å². The van der Waals surface area contributed by atoms with Crippen LogP contribution >= 0.6 is 11.3 Å². The van der Waals surface area contributed by atoms with E-state index in [0.29, 0.717) is 17.8 Å². The van der Waals surface area contributed by atoms with Crippen LogP contribution in [0.15, 0.2) is 15.7 Å². The predicted octanol–water partition coefficient (Wildman–Crippen LogP) is 2.09. The van der Waals surface area contributed by atoms with Gasteiger partial charge in [0.05, 0.1) is 6.61 Å². The molecule has 2 aromatic heterocycles. The molecule has 0 fully saturated rings. The molecule has 1 aliphatic rings. The normalized spacial score (nSPS) is 13.2. The molecule has 11 heteroatoms. The maximum atomic E-state index is 13.0. The van der Waals surface area contributed by atoms with Gasteiger partial charge in [-0.05, 0) is 43.7 Å². The van der Waals surface area contributed by atoms with Crippen LogP contribution in [0.5, 0.6) is 0 Å². The average molecular weight is 493 g/mol. The lowest BCUT2D eigenvalue weighted by Crippen LogP contribution is -2.44. The van der Waals surface area contributed by atoms with Crippen molar-refractivity contribution in [3.05, 3.63) is 42.2 Å². The Morgan fingerprint density at radius 3 is 2.74 bits per heavy atom. The zero-order chi connectivity index (χ0) is 24.7. The number of fused-ring (bicyclic) bond motifs is 1. The quantitative estimate of drug-likeness (QED) is 0.383. The van der Waals surface area contributed by atoms with Crippen LogP contribution in [0.2, 0.25) is 0 Å². The van der Waals surface area contributed by atoms with Crippen molar-refractivity contribution >= 4 is 34.7 Å². The Balaban J connectivity index is 1.79. The first kappa shape index (κ1) is 25.7. The highest BCUT2D eigenvalue weighted by atomic mass is 32.1. The zero-order valence-electron chi connectivity index (χ0n) is 19.7. The zero-order valence-corrected chi connectivity index (χ0v) is 20.5. The number of nitrogens with zero attached hydrogens (tertiary/aromatic N) is 2. The van der Waals surface area contributed by atoms with Crippen LogP contribution in [0.3, 0.4) is 0 Å². The monoisotopic (exact) mass is 492 g/mol. The first-order valence-electron chi connectivity index (χ1n) is 11.6. The number of ether oxygens (including phenoxy) is 2. The molecule has 10 nitrogen and oxygen atoms in total. The van der Waals surface area contributed by atoms with Crippen molar-refractivity contribution in [2.75, 3.05) is 37.5 Å². The van der Waals surface area contributed by atoms with Crippen molar-refractivity contribution in [3.63, 3.8) is 0 Å². The molecule has 0 aliphatic heterocycles. The fourth-order valence-corrected chi connectivity index (χ4v) is 5.11. The SMILES string of the molecule is CCCCn1c(N)c(N(CCOC)C(=O)COC(=O)c2cc3c(s2)CCCCC3)c(=O)[nH]c1=O. The fraction of sp³-hybridized carbons (Fsp3) is 0.565. The summed E-state index contributed by atoms with van der Waals surface area (Å²) >= 11 is 1.41. The van der Waals surface area contributed by atoms with Crippen molar-refractivity contribution in [1.82, 2.24) is 9.55 Å². The van der Waals surface area contributed by atoms with Crippen LogP contribution < -0.4 is 21.9 Å². The van der Waals surface area contributed by atoms with Crippen molar-refractivity contribution in [2.24, 2.45) is 0 Å². The fourth-order valence-electron chi connectivity index (χ4n) is 3.96. The third kappa shape index (κ3) is 5.95. The van der Waals surface area contributed by atoms with Crippen LogP contribution in [0.25, 0.3) is 0 Å². The average Bonchev–Trinajstić information content (AvgIpc) is 3.09. The van der Waals surface area contributed by atoms with Gasteiger partial charge in [0.25, 0.3) is 11.5 Å². The molecule has 0 atom stereocenters. The Morgan fingerprint density at radius 2 is 2.00 bits per heavy atom. The number of aryl methyl sites for hydroxylation is 2. The van der Waals surface area contributed by atoms with Crippen molar-refractivity contribution < 1.29 is 19.1 Å². The number of nitrogen functional groups attached to an aromatic ring is 1. The molecule has 186 valence electrons. The highest BCUT2D eigenvalue weighted by Crippen LogP contribution is 2.29. The number of carbonyl (C=O) groups excluding carboxylic acids is 2. The number of methoxy groups -OCH3 is 1. The summed E-state index contributed by atoms with van der Waals surface area (Å²) in [6.45, 7) is 1.80. The Labute approximate surface area is 201 Å². The lowest BCUT2D eigenvalue weighted by atomic mass is 10.1. The Hall–Kier alpha value is -2.92. The molecule has 3 rings (SSSR count). The minimum Gasteiger partial charge on any atom is -0.451 e. The lowest BCUT2D eigenvalue weighted by Gasteiger charge is -2.24. The molecular formula is C23H32N4O6S. The number of aromatic amines is 1. The summed E-state index contributed by atoms with van der Waals surface area (Å²) < 4.78 is 11.6. The van der Waals surface area contributed by atoms with E-state index in [1.807, 2.05) is 13.0 Å². The van der Waals surface area contributed by atoms with Gasteiger partial charge in [-0.1, -0.05) is 19.8 Å². The number of H-pyrrole nitrogens is 1. The summed E-state index contributed by atoms with van der Waals surface area (Å²) in [6.07, 6.45) is 6.76. The third-order valence-corrected chi connectivity index (χ3v) is 7.03. The number of aromatic nitrogens is 2. The van der Waals surface area contributed by atoms with Crippen molar-refractivity contribution in [1.29, 1.82) is 0 Å². The molecule has 0 unspecified atom stereocenters. The molecule has 1 aliphatic carbocycles. The van der Waals surface area contributed by atoms with E-state index in [-0.39, 0.29) is 24.7 Å². The maximum Gasteiger partial charge on any atom is 0.348 e. The highest BCUT2D eigenvalue weighted by Gasteiger charge is 2.26. The predicted molar refractivity (Wildman–Crippen MR) is 131 cm³/mol. The first-order chi connectivity index (χ1) is 16.4. The summed E-state index contributed by atoms with van der Waals surface area (Å²) in [7, 11) is 1.46. The highest BCUT2D eigenvalue weighted by molar-refractivity contribution is 7.14. The number of anilines is 2. The molecule has 0 aromatic carbocycles. The Morgan fingerprint density at radius 1 is 1.24 bits per heavy atom. The number of unbranched alkanes of at least 4 members (excludes halogenated alkanes) is 1. The summed E-state index contributed by atoms with van der Waals surface area (Å²) in [6, 6.07) is 1.85. The first-order valence-corrected chi connectivity index (χ1v) is 12.4. The molecule has 0 saturated carbocycles. The Bertz CT molecular complexity index is 1110. The van der Waals surface area contributed by atoms with Crippen LogP contribution in [-0.4, -0.2) is 48.3 Å². The van der Waals surface area contributed by atoms with E-state index in [4.69, 9.17) is 15.2 Å². The van der Waals surface area contributed by atoms with E-state index < -0.39 is 29.7 Å². The minimum atomic E-state index is -0.784.